The summed E-state index contributed by atoms with van der Waals surface area (Å²) in [4.78, 5) is 4.67. The highest BCUT2D eigenvalue weighted by atomic mass is 19.1. The summed E-state index contributed by atoms with van der Waals surface area (Å²) in [5, 5.41) is 0. The van der Waals surface area contributed by atoms with Crippen molar-refractivity contribution >= 4 is 17.1 Å². The molecule has 0 fully saturated rings. The fourth-order valence-corrected chi connectivity index (χ4v) is 2.22. The molecule has 0 spiro atoms. The fourth-order valence-electron chi connectivity index (χ4n) is 2.22. The van der Waals surface area contributed by atoms with Gasteiger partial charge in [0, 0.05) is 11.1 Å². The van der Waals surface area contributed by atoms with Crippen LogP contribution in [-0.2, 0) is 0 Å². The number of hydrogen-bond donors (Lipinski definition) is 1. The van der Waals surface area contributed by atoms with E-state index in [9.17, 15) is 4.39 Å². The molecule has 2 N–H and O–H groups in total. The molecule has 3 rings (SSSR count). The normalized spacial score (nSPS) is 10.2. The van der Waals surface area contributed by atoms with Gasteiger partial charge in [-0.05, 0) is 18.2 Å². The van der Waals surface area contributed by atoms with Crippen LogP contribution in [0.2, 0.25) is 0 Å². The van der Waals surface area contributed by atoms with Crippen LogP contribution in [0.25, 0.3) is 0 Å². The maximum absolute atomic E-state index is 13.3. The van der Waals surface area contributed by atoms with Gasteiger partial charge in [-0.3, -0.25) is 0 Å². The van der Waals surface area contributed by atoms with E-state index in [4.69, 9.17) is 5.73 Å². The zero-order valence-electron chi connectivity index (χ0n) is 11.9. The van der Waals surface area contributed by atoms with Crippen molar-refractivity contribution in [1.29, 1.82) is 0 Å². The number of hydrogen-bond acceptors (Lipinski definition) is 2. The lowest BCUT2D eigenvalue weighted by molar-refractivity contribution is 0.632. The summed E-state index contributed by atoms with van der Waals surface area (Å²) in [7, 11) is 0. The van der Waals surface area contributed by atoms with E-state index < -0.39 is 5.82 Å². The van der Waals surface area contributed by atoms with Crippen molar-refractivity contribution in [3.8, 4) is 0 Å². The summed E-state index contributed by atoms with van der Waals surface area (Å²) < 4.78 is 13.3. The molecule has 0 unspecified atom stereocenters. The van der Waals surface area contributed by atoms with Gasteiger partial charge in [0.1, 0.15) is 5.82 Å². The van der Waals surface area contributed by atoms with Crippen LogP contribution in [0.3, 0.4) is 0 Å². The molecule has 0 aromatic heterocycles. The number of halogens is 1. The number of rotatable bonds is 3. The summed E-state index contributed by atoms with van der Waals surface area (Å²) in [6.45, 7) is 0. The van der Waals surface area contributed by atoms with Crippen LogP contribution in [-0.4, -0.2) is 5.71 Å². The standard InChI is InChI=1S/C19H15FN2/c20-17-12-11-16(13-18(17)21)22-19(14-7-3-1-4-8-14)15-9-5-2-6-10-15/h1-13H,21H2. The van der Waals surface area contributed by atoms with Crippen LogP contribution >= 0.6 is 0 Å². The molecule has 3 aromatic carbocycles. The number of nitrogens with zero attached hydrogens (tertiary/aromatic N) is 1. The molecule has 3 heteroatoms. The maximum Gasteiger partial charge on any atom is 0.146 e. The Balaban J connectivity index is 2.13. The smallest absolute Gasteiger partial charge is 0.146 e. The first-order chi connectivity index (χ1) is 10.7. The topological polar surface area (TPSA) is 38.4 Å². The second-order valence-corrected chi connectivity index (χ2v) is 4.90. The Labute approximate surface area is 128 Å². The second kappa shape index (κ2) is 6.22. The van der Waals surface area contributed by atoms with Crippen LogP contribution in [0, 0.1) is 5.82 Å². The molecule has 0 amide bonds. The third-order valence-corrected chi connectivity index (χ3v) is 3.31. The van der Waals surface area contributed by atoms with E-state index in [0.717, 1.165) is 16.8 Å². The zero-order chi connectivity index (χ0) is 15.4. The van der Waals surface area contributed by atoms with Crippen molar-refractivity contribution in [3.05, 3.63) is 95.8 Å². The van der Waals surface area contributed by atoms with Crippen LogP contribution in [0.5, 0.6) is 0 Å². The third kappa shape index (κ3) is 3.04. The molecule has 0 heterocycles. The van der Waals surface area contributed by atoms with Gasteiger partial charge in [0.25, 0.3) is 0 Å². The van der Waals surface area contributed by atoms with Gasteiger partial charge in [0.05, 0.1) is 17.1 Å². The van der Waals surface area contributed by atoms with Crippen LogP contribution in [0.15, 0.2) is 83.9 Å². The van der Waals surface area contributed by atoms with Gasteiger partial charge in [-0.15, -0.1) is 0 Å². The first-order valence-corrected chi connectivity index (χ1v) is 6.98. The van der Waals surface area contributed by atoms with Gasteiger partial charge in [0.15, 0.2) is 0 Å². The number of nitrogens with two attached hydrogens (primary N) is 1. The number of aliphatic imine (C=N–C) groups is 1. The number of anilines is 1. The molecule has 0 aliphatic carbocycles. The minimum atomic E-state index is -0.431. The highest BCUT2D eigenvalue weighted by Gasteiger charge is 2.07. The average Bonchev–Trinajstić information content (AvgIpc) is 2.57. The second-order valence-electron chi connectivity index (χ2n) is 4.90. The molecule has 0 saturated heterocycles. The molecule has 0 radical (unpaired) electrons. The third-order valence-electron chi connectivity index (χ3n) is 3.31. The summed E-state index contributed by atoms with van der Waals surface area (Å²) in [5.74, 6) is -0.431. The maximum atomic E-state index is 13.3. The van der Waals surface area contributed by atoms with Crippen molar-refractivity contribution in [2.45, 2.75) is 0 Å². The van der Waals surface area contributed by atoms with Crippen molar-refractivity contribution in [3.63, 3.8) is 0 Å². The molecule has 0 aliphatic rings. The fraction of sp³-hybridized carbons (Fsp3) is 0. The Kier molecular flexibility index (Phi) is 3.97. The quantitative estimate of drug-likeness (QED) is 0.556. The van der Waals surface area contributed by atoms with Crippen molar-refractivity contribution in [2.24, 2.45) is 4.99 Å². The Bertz CT molecular complexity index is 755. The average molecular weight is 290 g/mol. The summed E-state index contributed by atoms with van der Waals surface area (Å²) in [6, 6.07) is 24.3. The van der Waals surface area contributed by atoms with E-state index in [1.165, 1.54) is 6.07 Å². The van der Waals surface area contributed by atoms with Crippen LogP contribution in [0.1, 0.15) is 11.1 Å². The van der Waals surface area contributed by atoms with Crippen molar-refractivity contribution in [1.82, 2.24) is 0 Å². The molecule has 3 aromatic rings. The van der Waals surface area contributed by atoms with E-state index in [1.807, 2.05) is 60.7 Å². The molecule has 0 saturated carbocycles. The first-order valence-electron chi connectivity index (χ1n) is 6.98. The summed E-state index contributed by atoms with van der Waals surface area (Å²) >= 11 is 0. The molecular formula is C19H15FN2. The number of benzene rings is 3. The lowest BCUT2D eigenvalue weighted by Gasteiger charge is -2.08. The van der Waals surface area contributed by atoms with E-state index >= 15 is 0 Å². The molecule has 0 bridgehead atoms. The molecular weight excluding hydrogens is 275 g/mol. The van der Waals surface area contributed by atoms with Crippen LogP contribution in [0.4, 0.5) is 15.8 Å². The molecule has 22 heavy (non-hydrogen) atoms. The van der Waals surface area contributed by atoms with Gasteiger partial charge < -0.3 is 5.73 Å². The van der Waals surface area contributed by atoms with Gasteiger partial charge >= 0.3 is 0 Å². The predicted molar refractivity (Wildman–Crippen MR) is 89.0 cm³/mol. The molecule has 0 atom stereocenters. The van der Waals surface area contributed by atoms with Crippen molar-refractivity contribution < 1.29 is 4.39 Å². The van der Waals surface area contributed by atoms with Crippen molar-refractivity contribution in [2.75, 3.05) is 5.73 Å². The highest BCUT2D eigenvalue weighted by molar-refractivity contribution is 6.13. The monoisotopic (exact) mass is 290 g/mol. The van der Waals surface area contributed by atoms with Gasteiger partial charge in [-0.1, -0.05) is 60.7 Å². The van der Waals surface area contributed by atoms with E-state index in [1.54, 1.807) is 12.1 Å². The molecule has 0 aliphatic heterocycles. The highest BCUT2D eigenvalue weighted by Crippen LogP contribution is 2.22. The largest absolute Gasteiger partial charge is 0.396 e. The lowest BCUT2D eigenvalue weighted by atomic mass is 10.0. The Morgan fingerprint density at radius 2 is 1.32 bits per heavy atom. The van der Waals surface area contributed by atoms with Gasteiger partial charge in [0.2, 0.25) is 0 Å². The lowest BCUT2D eigenvalue weighted by Crippen LogP contribution is -2.02. The predicted octanol–water partition coefficient (Wildman–Crippen LogP) is 4.58. The molecule has 108 valence electrons. The Morgan fingerprint density at radius 3 is 1.82 bits per heavy atom. The minimum Gasteiger partial charge on any atom is -0.396 e. The zero-order valence-corrected chi connectivity index (χ0v) is 11.9. The first kappa shape index (κ1) is 14.0. The van der Waals surface area contributed by atoms with E-state index in [2.05, 4.69) is 4.99 Å². The van der Waals surface area contributed by atoms with E-state index in [-0.39, 0.29) is 5.69 Å². The van der Waals surface area contributed by atoms with E-state index in [0.29, 0.717) is 5.69 Å². The Hall–Kier alpha value is -2.94. The minimum absolute atomic E-state index is 0.0988. The number of nitrogen functional groups attached to an aromatic ring is 1. The Morgan fingerprint density at radius 1 is 0.773 bits per heavy atom. The van der Waals surface area contributed by atoms with Gasteiger partial charge in [-0.2, -0.15) is 0 Å². The summed E-state index contributed by atoms with van der Waals surface area (Å²) in [5.41, 5.74) is 9.17. The SMILES string of the molecule is Nc1cc(N=C(c2ccccc2)c2ccccc2)ccc1F. The summed E-state index contributed by atoms with van der Waals surface area (Å²) in [6.07, 6.45) is 0. The van der Waals surface area contributed by atoms with Gasteiger partial charge in [-0.25, -0.2) is 9.38 Å². The molecule has 2 nitrogen and oxygen atoms in total. The van der Waals surface area contributed by atoms with Crippen LogP contribution < -0.4 is 5.73 Å².